The van der Waals surface area contributed by atoms with Crippen molar-refractivity contribution in [1.82, 2.24) is 0 Å². The third-order valence-corrected chi connectivity index (χ3v) is 3.28. The normalized spacial score (nSPS) is 10.2. The summed E-state index contributed by atoms with van der Waals surface area (Å²) < 4.78 is 0. The molecule has 0 fully saturated rings. The van der Waals surface area contributed by atoms with Crippen LogP contribution in [0.4, 0.5) is 5.69 Å². The number of hydrogen-bond donors (Lipinski definition) is 1. The minimum absolute atomic E-state index is 0.0567. The van der Waals surface area contributed by atoms with Gasteiger partial charge in [-0.1, -0.05) is 29.8 Å². The summed E-state index contributed by atoms with van der Waals surface area (Å²) in [5, 5.41) is 9.82. The molecular weight excluding hydrogens is 262 g/mol. The Morgan fingerprint density at radius 1 is 1.16 bits per heavy atom. The summed E-state index contributed by atoms with van der Waals surface area (Å²) in [7, 11) is 1.70. The second kappa shape index (κ2) is 5.76. The van der Waals surface area contributed by atoms with E-state index in [-0.39, 0.29) is 18.1 Å². The summed E-state index contributed by atoms with van der Waals surface area (Å²) in [6, 6.07) is 13.8. The highest BCUT2D eigenvalue weighted by Gasteiger charge is 2.13. The van der Waals surface area contributed by atoms with Crippen LogP contribution in [0.1, 0.15) is 5.56 Å². The Bertz CT molecular complexity index is 581. The number of amides is 1. The first-order valence-electron chi connectivity index (χ1n) is 5.87. The smallest absolute Gasteiger partial charge is 0.231 e. The minimum Gasteiger partial charge on any atom is -0.508 e. The van der Waals surface area contributed by atoms with E-state index in [2.05, 4.69) is 0 Å². The summed E-state index contributed by atoms with van der Waals surface area (Å²) >= 11 is 6.04. The Labute approximate surface area is 117 Å². The van der Waals surface area contributed by atoms with Crippen LogP contribution >= 0.6 is 11.6 Å². The number of phenolic OH excluding ortho intramolecular Hbond substituents is 1. The molecule has 0 saturated carbocycles. The number of rotatable bonds is 3. The van der Waals surface area contributed by atoms with Gasteiger partial charge in [-0.25, -0.2) is 0 Å². The van der Waals surface area contributed by atoms with Crippen LogP contribution in [0.3, 0.4) is 0 Å². The van der Waals surface area contributed by atoms with Gasteiger partial charge < -0.3 is 10.0 Å². The van der Waals surface area contributed by atoms with E-state index in [0.717, 1.165) is 11.3 Å². The molecule has 4 heteroatoms. The Balaban J connectivity index is 2.12. The van der Waals surface area contributed by atoms with Gasteiger partial charge in [0, 0.05) is 17.8 Å². The van der Waals surface area contributed by atoms with E-state index in [1.54, 1.807) is 42.3 Å². The molecule has 2 aromatic rings. The summed E-state index contributed by atoms with van der Waals surface area (Å²) in [6.07, 6.45) is 0.247. The molecule has 3 nitrogen and oxygen atoms in total. The molecule has 1 N–H and O–H groups in total. The zero-order valence-electron chi connectivity index (χ0n) is 10.5. The van der Waals surface area contributed by atoms with Gasteiger partial charge in [0.05, 0.1) is 6.42 Å². The number of likely N-dealkylation sites (N-methyl/N-ethyl adjacent to an activating group) is 1. The van der Waals surface area contributed by atoms with Crippen LogP contribution in [0, 0.1) is 0 Å². The van der Waals surface area contributed by atoms with Crippen molar-refractivity contribution < 1.29 is 9.90 Å². The first-order chi connectivity index (χ1) is 9.08. The molecule has 0 aromatic heterocycles. The second-order valence-corrected chi connectivity index (χ2v) is 4.64. The average molecular weight is 276 g/mol. The van der Waals surface area contributed by atoms with E-state index in [0.29, 0.717) is 5.02 Å². The number of anilines is 1. The molecule has 0 atom stereocenters. The van der Waals surface area contributed by atoms with Gasteiger partial charge in [-0.05, 0) is 35.9 Å². The molecule has 0 bridgehead atoms. The van der Waals surface area contributed by atoms with Crippen LogP contribution < -0.4 is 4.90 Å². The van der Waals surface area contributed by atoms with Gasteiger partial charge in [0.15, 0.2) is 0 Å². The summed E-state index contributed by atoms with van der Waals surface area (Å²) in [4.78, 5) is 13.7. The van der Waals surface area contributed by atoms with Crippen LogP contribution in [-0.2, 0) is 11.2 Å². The highest BCUT2D eigenvalue weighted by molar-refractivity contribution is 6.31. The lowest BCUT2D eigenvalue weighted by Gasteiger charge is -2.17. The number of aromatic hydroxyl groups is 1. The molecule has 1 amide bonds. The van der Waals surface area contributed by atoms with Gasteiger partial charge in [-0.2, -0.15) is 0 Å². The Hall–Kier alpha value is -2.00. The Morgan fingerprint density at radius 3 is 2.42 bits per heavy atom. The predicted molar refractivity (Wildman–Crippen MR) is 76.7 cm³/mol. The van der Waals surface area contributed by atoms with E-state index in [1.165, 1.54) is 0 Å². The van der Waals surface area contributed by atoms with E-state index in [4.69, 9.17) is 11.6 Å². The van der Waals surface area contributed by atoms with Crippen molar-refractivity contribution in [2.75, 3.05) is 11.9 Å². The van der Waals surface area contributed by atoms with Crippen LogP contribution in [-0.4, -0.2) is 18.1 Å². The van der Waals surface area contributed by atoms with E-state index >= 15 is 0 Å². The molecule has 98 valence electrons. The lowest BCUT2D eigenvalue weighted by Crippen LogP contribution is -2.27. The summed E-state index contributed by atoms with van der Waals surface area (Å²) in [5.74, 6) is 0.120. The molecule has 19 heavy (non-hydrogen) atoms. The molecule has 0 radical (unpaired) electrons. The summed E-state index contributed by atoms with van der Waals surface area (Å²) in [6.45, 7) is 0. The zero-order valence-corrected chi connectivity index (χ0v) is 11.3. The average Bonchev–Trinajstić information content (AvgIpc) is 2.41. The van der Waals surface area contributed by atoms with Crippen LogP contribution in [0.15, 0.2) is 48.5 Å². The molecule has 0 aliphatic carbocycles. The lowest BCUT2D eigenvalue weighted by molar-refractivity contribution is -0.117. The van der Waals surface area contributed by atoms with Crippen molar-refractivity contribution in [3.05, 3.63) is 59.1 Å². The Kier molecular flexibility index (Phi) is 4.07. The van der Waals surface area contributed by atoms with Gasteiger partial charge in [0.25, 0.3) is 0 Å². The van der Waals surface area contributed by atoms with Crippen molar-refractivity contribution >= 4 is 23.2 Å². The van der Waals surface area contributed by atoms with Crippen LogP contribution in [0.5, 0.6) is 5.75 Å². The molecular formula is C15H14ClNO2. The molecule has 0 aliphatic heterocycles. The molecule has 0 aliphatic rings. The number of carbonyl (C=O) groups is 1. The highest BCUT2D eigenvalue weighted by Crippen LogP contribution is 2.20. The van der Waals surface area contributed by atoms with Crippen molar-refractivity contribution in [3.63, 3.8) is 0 Å². The number of benzene rings is 2. The number of hydrogen-bond acceptors (Lipinski definition) is 2. The van der Waals surface area contributed by atoms with E-state index < -0.39 is 0 Å². The standard InChI is InChI=1S/C15H14ClNO2/c1-17(12-6-8-13(18)9-7-12)15(19)10-11-4-2-3-5-14(11)16/h2-9,18H,10H2,1H3. The van der Waals surface area contributed by atoms with Gasteiger partial charge in [0.2, 0.25) is 5.91 Å². The number of halogens is 1. The molecule has 2 aromatic carbocycles. The van der Waals surface area contributed by atoms with Crippen LogP contribution in [0.25, 0.3) is 0 Å². The van der Waals surface area contributed by atoms with Crippen molar-refractivity contribution in [2.45, 2.75) is 6.42 Å². The maximum atomic E-state index is 12.2. The SMILES string of the molecule is CN(C(=O)Cc1ccccc1Cl)c1ccc(O)cc1. The summed E-state index contributed by atoms with van der Waals surface area (Å²) in [5.41, 5.74) is 1.54. The first kappa shape index (κ1) is 13.4. The molecule has 2 rings (SSSR count). The monoisotopic (exact) mass is 275 g/mol. The van der Waals surface area contributed by atoms with Crippen LogP contribution in [0.2, 0.25) is 5.02 Å². The maximum Gasteiger partial charge on any atom is 0.231 e. The predicted octanol–water partition coefficient (Wildman–Crippen LogP) is 3.25. The van der Waals surface area contributed by atoms with Gasteiger partial charge in [-0.3, -0.25) is 4.79 Å². The van der Waals surface area contributed by atoms with E-state index in [9.17, 15) is 9.90 Å². The van der Waals surface area contributed by atoms with E-state index in [1.807, 2.05) is 18.2 Å². The first-order valence-corrected chi connectivity index (χ1v) is 6.24. The fraction of sp³-hybridized carbons (Fsp3) is 0.133. The van der Waals surface area contributed by atoms with Gasteiger partial charge >= 0.3 is 0 Å². The third kappa shape index (κ3) is 3.26. The van der Waals surface area contributed by atoms with Crippen molar-refractivity contribution in [1.29, 1.82) is 0 Å². The molecule has 0 unspecified atom stereocenters. The molecule has 0 saturated heterocycles. The molecule has 0 heterocycles. The Morgan fingerprint density at radius 2 is 1.79 bits per heavy atom. The number of phenols is 1. The second-order valence-electron chi connectivity index (χ2n) is 4.24. The largest absolute Gasteiger partial charge is 0.508 e. The number of carbonyl (C=O) groups excluding carboxylic acids is 1. The fourth-order valence-electron chi connectivity index (χ4n) is 1.74. The maximum absolute atomic E-state index is 12.2. The number of nitrogens with zero attached hydrogens (tertiary/aromatic N) is 1. The van der Waals surface area contributed by atoms with Crippen molar-refractivity contribution in [3.8, 4) is 5.75 Å². The van der Waals surface area contributed by atoms with Gasteiger partial charge in [-0.15, -0.1) is 0 Å². The highest BCUT2D eigenvalue weighted by atomic mass is 35.5. The lowest BCUT2D eigenvalue weighted by atomic mass is 10.1. The minimum atomic E-state index is -0.0567. The topological polar surface area (TPSA) is 40.5 Å². The third-order valence-electron chi connectivity index (χ3n) is 2.91. The fourth-order valence-corrected chi connectivity index (χ4v) is 1.95. The quantitative estimate of drug-likeness (QED) is 0.934. The zero-order chi connectivity index (χ0) is 13.8. The molecule has 0 spiro atoms. The van der Waals surface area contributed by atoms with Gasteiger partial charge in [0.1, 0.15) is 5.75 Å². The van der Waals surface area contributed by atoms with Crippen molar-refractivity contribution in [2.24, 2.45) is 0 Å².